The molecule has 14 heavy (non-hydrogen) atoms. The Labute approximate surface area is 85.1 Å². The average Bonchev–Trinajstić information content (AvgIpc) is 2.17. The van der Waals surface area contributed by atoms with E-state index in [-0.39, 0.29) is 0 Å². The molecule has 0 spiro atoms. The van der Waals surface area contributed by atoms with Crippen LogP contribution >= 0.6 is 0 Å². The first-order valence-electron chi connectivity index (χ1n) is 4.58. The van der Waals surface area contributed by atoms with E-state index in [0.717, 1.165) is 16.9 Å². The fourth-order valence-corrected chi connectivity index (χ4v) is 1.67. The summed E-state index contributed by atoms with van der Waals surface area (Å²) in [6.45, 7) is 5.80. The highest BCUT2D eigenvalue weighted by atomic mass is 16.5. The summed E-state index contributed by atoms with van der Waals surface area (Å²) in [6, 6.07) is 8.12. The van der Waals surface area contributed by atoms with Gasteiger partial charge >= 0.3 is 0 Å². The lowest BCUT2D eigenvalue weighted by Gasteiger charge is -2.21. The summed E-state index contributed by atoms with van der Waals surface area (Å²) < 4.78 is 5.26. The Balaban J connectivity index is 3.40. The second kappa shape index (κ2) is 3.71. The van der Waals surface area contributed by atoms with Gasteiger partial charge in [0.25, 0.3) is 0 Å². The molecule has 1 rings (SSSR count). The van der Waals surface area contributed by atoms with E-state index in [1.54, 1.807) is 7.11 Å². The van der Waals surface area contributed by atoms with E-state index in [2.05, 4.69) is 6.07 Å². The second-order valence-electron chi connectivity index (χ2n) is 3.89. The fourth-order valence-electron chi connectivity index (χ4n) is 1.67. The highest BCUT2D eigenvalue weighted by Crippen LogP contribution is 2.33. The number of hydrogen-bond donors (Lipinski definition) is 0. The molecule has 0 atom stereocenters. The van der Waals surface area contributed by atoms with Crippen molar-refractivity contribution in [2.75, 3.05) is 7.11 Å². The molecule has 0 fully saturated rings. The molecule has 0 unspecified atom stereocenters. The molecule has 0 amide bonds. The van der Waals surface area contributed by atoms with Crippen LogP contribution in [0, 0.1) is 18.3 Å². The first-order valence-corrected chi connectivity index (χ1v) is 4.58. The largest absolute Gasteiger partial charge is 0.496 e. The molecule has 74 valence electrons. The van der Waals surface area contributed by atoms with Crippen molar-refractivity contribution in [3.05, 3.63) is 29.3 Å². The summed E-state index contributed by atoms with van der Waals surface area (Å²) in [4.78, 5) is 0. The number of methoxy groups -OCH3 is 1. The average molecular weight is 189 g/mol. The Hall–Kier alpha value is -1.49. The van der Waals surface area contributed by atoms with Gasteiger partial charge in [0.1, 0.15) is 5.75 Å². The van der Waals surface area contributed by atoms with Crippen LogP contribution in [0.4, 0.5) is 0 Å². The quantitative estimate of drug-likeness (QED) is 0.716. The van der Waals surface area contributed by atoms with Crippen LogP contribution in [0.3, 0.4) is 0 Å². The molecular weight excluding hydrogens is 174 g/mol. The molecule has 0 aliphatic rings. The Morgan fingerprint density at radius 2 is 2.00 bits per heavy atom. The van der Waals surface area contributed by atoms with Gasteiger partial charge in [-0.1, -0.05) is 12.1 Å². The molecule has 0 aliphatic heterocycles. The lowest BCUT2D eigenvalue weighted by molar-refractivity contribution is 0.402. The molecule has 0 saturated heterocycles. The fraction of sp³-hybridized carbons (Fsp3) is 0.417. The molecule has 0 saturated carbocycles. The molecule has 0 radical (unpaired) electrons. The predicted molar refractivity (Wildman–Crippen MR) is 56.4 cm³/mol. The third-order valence-corrected chi connectivity index (χ3v) is 2.36. The van der Waals surface area contributed by atoms with E-state index in [9.17, 15) is 0 Å². The van der Waals surface area contributed by atoms with Gasteiger partial charge in [-0.15, -0.1) is 0 Å². The van der Waals surface area contributed by atoms with Gasteiger partial charge < -0.3 is 4.74 Å². The topological polar surface area (TPSA) is 33.0 Å². The van der Waals surface area contributed by atoms with E-state index >= 15 is 0 Å². The zero-order valence-corrected chi connectivity index (χ0v) is 9.09. The van der Waals surface area contributed by atoms with Crippen LogP contribution in [0.1, 0.15) is 25.0 Å². The van der Waals surface area contributed by atoms with Crippen molar-refractivity contribution in [3.8, 4) is 11.8 Å². The maximum absolute atomic E-state index is 9.09. The zero-order valence-electron chi connectivity index (χ0n) is 9.09. The van der Waals surface area contributed by atoms with E-state index in [4.69, 9.17) is 10.00 Å². The molecular formula is C12H15NO. The number of rotatable bonds is 2. The summed E-state index contributed by atoms with van der Waals surface area (Å²) in [7, 11) is 1.63. The lowest BCUT2D eigenvalue weighted by Crippen LogP contribution is -2.16. The van der Waals surface area contributed by atoms with Crippen molar-refractivity contribution in [2.24, 2.45) is 0 Å². The smallest absolute Gasteiger partial charge is 0.123 e. The van der Waals surface area contributed by atoms with Gasteiger partial charge in [-0.05, 0) is 32.4 Å². The van der Waals surface area contributed by atoms with Crippen LogP contribution in [-0.2, 0) is 5.41 Å². The Bertz CT molecular complexity index is 374. The van der Waals surface area contributed by atoms with E-state index < -0.39 is 5.41 Å². The Morgan fingerprint density at radius 3 is 2.50 bits per heavy atom. The predicted octanol–water partition coefficient (Wildman–Crippen LogP) is 2.80. The van der Waals surface area contributed by atoms with Crippen molar-refractivity contribution in [1.29, 1.82) is 5.26 Å². The van der Waals surface area contributed by atoms with Gasteiger partial charge in [-0.25, -0.2) is 0 Å². The number of ether oxygens (including phenoxy) is 1. The highest BCUT2D eigenvalue weighted by Gasteiger charge is 2.25. The summed E-state index contributed by atoms with van der Waals surface area (Å²) in [5.41, 5.74) is 1.57. The molecule has 1 aromatic rings. The third-order valence-electron chi connectivity index (χ3n) is 2.36. The van der Waals surface area contributed by atoms with Crippen LogP contribution in [-0.4, -0.2) is 7.11 Å². The van der Waals surface area contributed by atoms with Crippen LogP contribution in [0.15, 0.2) is 18.2 Å². The minimum absolute atomic E-state index is 0.503. The van der Waals surface area contributed by atoms with E-state index in [1.807, 2.05) is 39.0 Å². The molecule has 0 heterocycles. The minimum atomic E-state index is -0.503. The normalized spacial score (nSPS) is 10.8. The number of aryl methyl sites for hydroxylation is 1. The molecule has 0 aromatic heterocycles. The minimum Gasteiger partial charge on any atom is -0.496 e. The van der Waals surface area contributed by atoms with Gasteiger partial charge in [0, 0.05) is 5.56 Å². The molecule has 2 nitrogen and oxygen atoms in total. The zero-order chi connectivity index (χ0) is 10.8. The monoisotopic (exact) mass is 189 g/mol. The SMILES string of the molecule is COc1cccc(C)c1C(C)(C)C#N. The maximum atomic E-state index is 9.09. The first-order chi connectivity index (χ1) is 6.53. The maximum Gasteiger partial charge on any atom is 0.123 e. The molecule has 0 bridgehead atoms. The number of nitriles is 1. The summed E-state index contributed by atoms with van der Waals surface area (Å²) in [5, 5.41) is 9.09. The second-order valence-corrected chi connectivity index (χ2v) is 3.89. The van der Waals surface area contributed by atoms with Crippen molar-refractivity contribution in [3.63, 3.8) is 0 Å². The summed E-state index contributed by atoms with van der Waals surface area (Å²) >= 11 is 0. The van der Waals surface area contributed by atoms with Crippen LogP contribution < -0.4 is 4.74 Å². The van der Waals surface area contributed by atoms with E-state index in [1.165, 1.54) is 0 Å². The molecule has 1 aromatic carbocycles. The van der Waals surface area contributed by atoms with Gasteiger partial charge in [0.2, 0.25) is 0 Å². The summed E-state index contributed by atoms with van der Waals surface area (Å²) in [5.74, 6) is 0.788. The van der Waals surface area contributed by atoms with Gasteiger partial charge in [-0.3, -0.25) is 0 Å². The highest BCUT2D eigenvalue weighted by molar-refractivity contribution is 5.47. The van der Waals surface area contributed by atoms with Crippen molar-refractivity contribution in [2.45, 2.75) is 26.2 Å². The third kappa shape index (κ3) is 1.72. The van der Waals surface area contributed by atoms with Crippen LogP contribution in [0.2, 0.25) is 0 Å². The van der Waals surface area contributed by atoms with Gasteiger partial charge in [0.15, 0.2) is 0 Å². The Kier molecular flexibility index (Phi) is 2.81. The van der Waals surface area contributed by atoms with Crippen LogP contribution in [0.5, 0.6) is 5.75 Å². The number of hydrogen-bond acceptors (Lipinski definition) is 2. The molecule has 0 aliphatic carbocycles. The van der Waals surface area contributed by atoms with Gasteiger partial charge in [-0.2, -0.15) is 5.26 Å². The lowest BCUT2D eigenvalue weighted by atomic mass is 9.83. The summed E-state index contributed by atoms with van der Waals surface area (Å²) in [6.07, 6.45) is 0. The molecule has 2 heteroatoms. The number of nitrogens with zero attached hydrogens (tertiary/aromatic N) is 1. The van der Waals surface area contributed by atoms with Crippen molar-refractivity contribution >= 4 is 0 Å². The first kappa shape index (κ1) is 10.6. The Morgan fingerprint density at radius 1 is 1.36 bits per heavy atom. The standard InChI is InChI=1S/C12H15NO/c1-9-6-5-7-10(14-4)11(9)12(2,3)8-13/h5-7H,1-4H3. The number of benzene rings is 1. The molecule has 0 N–H and O–H groups in total. The van der Waals surface area contributed by atoms with Crippen molar-refractivity contribution in [1.82, 2.24) is 0 Å². The van der Waals surface area contributed by atoms with Crippen molar-refractivity contribution < 1.29 is 4.74 Å². The van der Waals surface area contributed by atoms with Crippen LogP contribution in [0.25, 0.3) is 0 Å². The van der Waals surface area contributed by atoms with E-state index in [0.29, 0.717) is 0 Å². The van der Waals surface area contributed by atoms with Gasteiger partial charge in [0.05, 0.1) is 18.6 Å².